The molecule has 1 aliphatic rings. The highest BCUT2D eigenvalue weighted by Crippen LogP contribution is 2.35. The Hall–Kier alpha value is -1.41. The maximum Gasteiger partial charge on any atom is 0.180 e. The van der Waals surface area contributed by atoms with Gasteiger partial charge in [-0.1, -0.05) is 30.3 Å². The molecule has 1 aromatic heterocycles. The summed E-state index contributed by atoms with van der Waals surface area (Å²) in [5.41, 5.74) is 2.58. The van der Waals surface area contributed by atoms with Crippen LogP contribution in [-0.2, 0) is 6.42 Å². The number of benzene rings is 1. The summed E-state index contributed by atoms with van der Waals surface area (Å²) in [5.74, 6) is 0.384. The minimum Gasteiger partial charge on any atom is -0.293 e. The minimum absolute atomic E-state index is 0.0925. The van der Waals surface area contributed by atoms with Crippen LogP contribution in [0.1, 0.15) is 33.1 Å². The van der Waals surface area contributed by atoms with Crippen molar-refractivity contribution in [3.05, 3.63) is 57.8 Å². The summed E-state index contributed by atoms with van der Waals surface area (Å²) in [4.78, 5) is 13.2. The molecule has 0 N–H and O–H groups in total. The van der Waals surface area contributed by atoms with Crippen LogP contribution in [0.15, 0.2) is 41.8 Å². The molecule has 0 amide bonds. The Labute approximate surface area is 98.7 Å². The van der Waals surface area contributed by atoms with E-state index in [9.17, 15) is 4.79 Å². The first-order valence-corrected chi connectivity index (χ1v) is 6.40. The number of fused-ring (bicyclic) bond motifs is 1. The van der Waals surface area contributed by atoms with Crippen LogP contribution in [0.4, 0.5) is 0 Å². The first kappa shape index (κ1) is 9.79. The first-order chi connectivity index (χ1) is 7.86. The van der Waals surface area contributed by atoms with Crippen LogP contribution < -0.4 is 0 Å². The van der Waals surface area contributed by atoms with E-state index in [1.165, 1.54) is 11.1 Å². The Bertz CT molecular complexity index is 513. The van der Waals surface area contributed by atoms with E-state index in [0.29, 0.717) is 5.78 Å². The number of thiophene rings is 1. The molecule has 1 heterocycles. The van der Waals surface area contributed by atoms with Gasteiger partial charge in [0.15, 0.2) is 5.78 Å². The molecule has 80 valence electrons. The summed E-state index contributed by atoms with van der Waals surface area (Å²) in [7, 11) is 0. The van der Waals surface area contributed by atoms with Crippen LogP contribution in [0, 0.1) is 0 Å². The van der Waals surface area contributed by atoms with Crippen LogP contribution in [0.3, 0.4) is 0 Å². The standard InChI is InChI=1S/C14H12OS/c15-14(13-6-3-9-16-13)12-8-7-10-4-1-2-5-11(10)12/h1-6,9,12H,7-8H2. The number of aryl methyl sites for hydroxylation is 1. The van der Waals surface area contributed by atoms with E-state index in [1.54, 1.807) is 11.3 Å². The van der Waals surface area contributed by atoms with Crippen LogP contribution in [0.2, 0.25) is 0 Å². The number of rotatable bonds is 2. The lowest BCUT2D eigenvalue weighted by molar-refractivity contribution is 0.0963. The zero-order chi connectivity index (χ0) is 11.0. The molecule has 1 atom stereocenters. The third-order valence-corrected chi connectivity index (χ3v) is 4.10. The summed E-state index contributed by atoms with van der Waals surface area (Å²) in [6.07, 6.45) is 2.01. The van der Waals surface area contributed by atoms with Gasteiger partial charge in [-0.3, -0.25) is 4.79 Å². The largest absolute Gasteiger partial charge is 0.293 e. The van der Waals surface area contributed by atoms with E-state index in [0.717, 1.165) is 17.7 Å². The Kier molecular flexibility index (Phi) is 2.37. The third kappa shape index (κ3) is 1.50. The van der Waals surface area contributed by atoms with Crippen molar-refractivity contribution in [3.63, 3.8) is 0 Å². The van der Waals surface area contributed by atoms with Crippen molar-refractivity contribution in [3.8, 4) is 0 Å². The highest BCUT2D eigenvalue weighted by Gasteiger charge is 2.29. The van der Waals surface area contributed by atoms with Gasteiger partial charge >= 0.3 is 0 Å². The Morgan fingerprint density at radius 2 is 2.06 bits per heavy atom. The van der Waals surface area contributed by atoms with E-state index in [-0.39, 0.29) is 5.92 Å². The fraction of sp³-hybridized carbons (Fsp3) is 0.214. The zero-order valence-electron chi connectivity index (χ0n) is 8.85. The summed E-state index contributed by atoms with van der Waals surface area (Å²) in [6.45, 7) is 0. The SMILES string of the molecule is O=C(c1cccs1)C1CCc2ccccc21. The molecule has 2 heteroatoms. The Balaban J connectivity index is 1.96. The molecule has 0 bridgehead atoms. The molecule has 0 aliphatic heterocycles. The lowest BCUT2D eigenvalue weighted by Gasteiger charge is -2.08. The average molecular weight is 228 g/mol. The van der Waals surface area contributed by atoms with Crippen molar-refractivity contribution in [2.45, 2.75) is 18.8 Å². The Morgan fingerprint density at radius 1 is 1.19 bits per heavy atom. The number of Topliss-reactive ketones (excluding diaryl/α,β-unsaturated/α-hetero) is 1. The van der Waals surface area contributed by atoms with Crippen molar-refractivity contribution < 1.29 is 4.79 Å². The number of ketones is 1. The molecule has 3 rings (SSSR count). The fourth-order valence-electron chi connectivity index (χ4n) is 2.42. The van der Waals surface area contributed by atoms with Gasteiger partial charge in [0.2, 0.25) is 0 Å². The maximum atomic E-state index is 12.3. The second kappa shape index (κ2) is 3.87. The minimum atomic E-state index is 0.0925. The van der Waals surface area contributed by atoms with Crippen molar-refractivity contribution in [1.29, 1.82) is 0 Å². The molecule has 1 aromatic carbocycles. The van der Waals surface area contributed by atoms with Gasteiger partial charge in [0, 0.05) is 5.92 Å². The van der Waals surface area contributed by atoms with E-state index in [2.05, 4.69) is 18.2 Å². The monoisotopic (exact) mass is 228 g/mol. The summed E-state index contributed by atoms with van der Waals surface area (Å²) >= 11 is 1.54. The van der Waals surface area contributed by atoms with Gasteiger partial charge in [-0.15, -0.1) is 11.3 Å². The molecule has 0 saturated carbocycles. The molecule has 2 aromatic rings. The maximum absolute atomic E-state index is 12.3. The van der Waals surface area contributed by atoms with Gasteiger partial charge in [0.25, 0.3) is 0 Å². The third-order valence-electron chi connectivity index (χ3n) is 3.21. The van der Waals surface area contributed by atoms with Crippen molar-refractivity contribution >= 4 is 17.1 Å². The smallest absolute Gasteiger partial charge is 0.180 e. The van der Waals surface area contributed by atoms with Crippen molar-refractivity contribution in [2.24, 2.45) is 0 Å². The van der Waals surface area contributed by atoms with Gasteiger partial charge in [-0.25, -0.2) is 0 Å². The second-order valence-corrected chi connectivity index (χ2v) is 5.08. The molecule has 1 nitrogen and oxygen atoms in total. The molecule has 1 aliphatic carbocycles. The number of hydrogen-bond donors (Lipinski definition) is 0. The van der Waals surface area contributed by atoms with E-state index >= 15 is 0 Å². The van der Waals surface area contributed by atoms with Crippen molar-refractivity contribution in [1.82, 2.24) is 0 Å². The normalized spacial score (nSPS) is 18.4. The molecule has 0 spiro atoms. The molecule has 0 saturated heterocycles. The zero-order valence-corrected chi connectivity index (χ0v) is 9.67. The number of carbonyl (C=O) groups is 1. The molecule has 0 radical (unpaired) electrons. The van der Waals surface area contributed by atoms with Gasteiger partial charge < -0.3 is 0 Å². The fourth-order valence-corrected chi connectivity index (χ4v) is 3.14. The highest BCUT2D eigenvalue weighted by molar-refractivity contribution is 7.12. The van der Waals surface area contributed by atoms with E-state index in [4.69, 9.17) is 0 Å². The van der Waals surface area contributed by atoms with Crippen LogP contribution in [0.5, 0.6) is 0 Å². The lowest BCUT2D eigenvalue weighted by Crippen LogP contribution is -2.08. The first-order valence-electron chi connectivity index (χ1n) is 5.52. The predicted octanol–water partition coefficient (Wildman–Crippen LogP) is 3.66. The van der Waals surface area contributed by atoms with Crippen LogP contribution in [0.25, 0.3) is 0 Å². The molecule has 1 unspecified atom stereocenters. The van der Waals surface area contributed by atoms with Gasteiger partial charge in [0.1, 0.15) is 0 Å². The van der Waals surface area contributed by atoms with Crippen LogP contribution in [-0.4, -0.2) is 5.78 Å². The predicted molar refractivity (Wildman–Crippen MR) is 66.2 cm³/mol. The quantitative estimate of drug-likeness (QED) is 0.717. The van der Waals surface area contributed by atoms with Gasteiger partial charge in [-0.2, -0.15) is 0 Å². The number of hydrogen-bond acceptors (Lipinski definition) is 2. The lowest BCUT2D eigenvalue weighted by atomic mass is 9.96. The summed E-state index contributed by atoms with van der Waals surface area (Å²) in [5, 5.41) is 1.97. The average Bonchev–Trinajstić information content (AvgIpc) is 2.98. The Morgan fingerprint density at radius 3 is 2.88 bits per heavy atom. The molecule has 16 heavy (non-hydrogen) atoms. The molecule has 0 fully saturated rings. The van der Waals surface area contributed by atoms with Crippen molar-refractivity contribution in [2.75, 3.05) is 0 Å². The van der Waals surface area contributed by atoms with E-state index < -0.39 is 0 Å². The topological polar surface area (TPSA) is 17.1 Å². The van der Waals surface area contributed by atoms with Gasteiger partial charge in [-0.05, 0) is 35.4 Å². The van der Waals surface area contributed by atoms with Gasteiger partial charge in [0.05, 0.1) is 4.88 Å². The van der Waals surface area contributed by atoms with E-state index in [1.807, 2.05) is 23.6 Å². The second-order valence-electron chi connectivity index (χ2n) is 4.13. The van der Waals surface area contributed by atoms with Crippen LogP contribution >= 0.6 is 11.3 Å². The number of carbonyl (C=O) groups excluding carboxylic acids is 1. The molecular weight excluding hydrogens is 216 g/mol. The molecular formula is C14H12OS. The highest BCUT2D eigenvalue weighted by atomic mass is 32.1. The summed E-state index contributed by atoms with van der Waals surface area (Å²) < 4.78 is 0. The summed E-state index contributed by atoms with van der Waals surface area (Å²) in [6, 6.07) is 12.2.